The highest BCUT2D eigenvalue weighted by molar-refractivity contribution is 5.79. The molecule has 3 fully saturated rings. The third-order valence-electron chi connectivity index (χ3n) is 5.66. The fourth-order valence-corrected chi connectivity index (χ4v) is 4.47. The van der Waals surface area contributed by atoms with Crippen LogP contribution in [0.3, 0.4) is 0 Å². The molecule has 0 aromatic carbocycles. The van der Waals surface area contributed by atoms with Crippen LogP contribution in [0.4, 0.5) is 0 Å². The fraction of sp³-hybridized carbons (Fsp3) is 0.875. The van der Waals surface area contributed by atoms with Crippen LogP contribution in [0, 0.1) is 29.1 Å². The molecule has 2 aliphatic carbocycles. The van der Waals surface area contributed by atoms with Gasteiger partial charge in [-0.15, -0.1) is 0 Å². The molecular formula is C16H25N3O. The van der Waals surface area contributed by atoms with Crippen LogP contribution in [0.25, 0.3) is 0 Å². The van der Waals surface area contributed by atoms with Gasteiger partial charge in [0.05, 0.1) is 12.1 Å². The SMILES string of the molecule is CCC(C#N)N1CCN(C(=O)C2CC3CCC2C3)CC1. The number of hydrogen-bond acceptors (Lipinski definition) is 3. The van der Waals surface area contributed by atoms with Gasteiger partial charge in [0.1, 0.15) is 0 Å². The molecule has 1 heterocycles. The van der Waals surface area contributed by atoms with Crippen LogP contribution in [0.5, 0.6) is 0 Å². The van der Waals surface area contributed by atoms with Gasteiger partial charge in [0.2, 0.25) is 5.91 Å². The van der Waals surface area contributed by atoms with E-state index in [2.05, 4.69) is 22.8 Å². The van der Waals surface area contributed by atoms with E-state index in [1.54, 1.807) is 0 Å². The van der Waals surface area contributed by atoms with Crippen molar-refractivity contribution in [2.45, 2.75) is 45.1 Å². The summed E-state index contributed by atoms with van der Waals surface area (Å²) >= 11 is 0. The molecule has 1 aliphatic heterocycles. The molecule has 4 nitrogen and oxygen atoms in total. The Morgan fingerprint density at radius 2 is 2.00 bits per heavy atom. The van der Waals surface area contributed by atoms with Crippen LogP contribution in [-0.4, -0.2) is 47.9 Å². The summed E-state index contributed by atoms with van der Waals surface area (Å²) in [6.07, 6.45) is 5.93. The lowest BCUT2D eigenvalue weighted by Gasteiger charge is -2.38. The highest BCUT2D eigenvalue weighted by atomic mass is 16.2. The van der Waals surface area contributed by atoms with Gasteiger partial charge in [-0.3, -0.25) is 9.69 Å². The van der Waals surface area contributed by atoms with Crippen LogP contribution in [0.15, 0.2) is 0 Å². The summed E-state index contributed by atoms with van der Waals surface area (Å²) in [4.78, 5) is 16.9. The van der Waals surface area contributed by atoms with Gasteiger partial charge >= 0.3 is 0 Å². The fourth-order valence-electron chi connectivity index (χ4n) is 4.47. The van der Waals surface area contributed by atoms with Gasteiger partial charge < -0.3 is 4.90 Å². The molecule has 4 atom stereocenters. The maximum absolute atomic E-state index is 12.6. The number of hydrogen-bond donors (Lipinski definition) is 0. The number of fused-ring (bicyclic) bond motifs is 2. The number of carbonyl (C=O) groups excluding carboxylic acids is 1. The lowest BCUT2D eigenvalue weighted by atomic mass is 9.87. The first kappa shape index (κ1) is 13.9. The zero-order valence-electron chi connectivity index (χ0n) is 12.4. The Morgan fingerprint density at radius 3 is 2.50 bits per heavy atom. The molecule has 0 N–H and O–H groups in total. The average Bonchev–Trinajstić information content (AvgIpc) is 3.11. The van der Waals surface area contributed by atoms with Crippen molar-refractivity contribution in [3.63, 3.8) is 0 Å². The monoisotopic (exact) mass is 275 g/mol. The number of carbonyl (C=O) groups is 1. The molecule has 1 amide bonds. The molecule has 20 heavy (non-hydrogen) atoms. The molecule has 1 saturated heterocycles. The molecule has 3 aliphatic rings. The van der Waals surface area contributed by atoms with E-state index < -0.39 is 0 Å². The summed E-state index contributed by atoms with van der Waals surface area (Å²) in [6, 6.07) is 2.39. The maximum Gasteiger partial charge on any atom is 0.226 e. The Kier molecular flexibility index (Phi) is 3.98. The van der Waals surface area contributed by atoms with Crippen molar-refractivity contribution in [3.8, 4) is 6.07 Å². The van der Waals surface area contributed by atoms with E-state index >= 15 is 0 Å². The highest BCUT2D eigenvalue weighted by Gasteiger charge is 2.44. The molecule has 2 bridgehead atoms. The molecule has 110 valence electrons. The lowest BCUT2D eigenvalue weighted by molar-refractivity contribution is -0.139. The number of nitriles is 1. The van der Waals surface area contributed by atoms with Gasteiger partial charge in [0.15, 0.2) is 0 Å². The quantitative estimate of drug-likeness (QED) is 0.790. The van der Waals surface area contributed by atoms with Crippen LogP contribution in [0.2, 0.25) is 0 Å². The van der Waals surface area contributed by atoms with Crippen LogP contribution < -0.4 is 0 Å². The summed E-state index contributed by atoms with van der Waals surface area (Å²) in [5.41, 5.74) is 0. The van der Waals surface area contributed by atoms with Crippen molar-refractivity contribution in [3.05, 3.63) is 0 Å². The first-order valence-corrected chi connectivity index (χ1v) is 8.15. The molecular weight excluding hydrogens is 250 g/mol. The lowest BCUT2D eigenvalue weighted by Crippen LogP contribution is -2.53. The molecule has 4 heteroatoms. The first-order chi connectivity index (χ1) is 9.72. The molecule has 0 radical (unpaired) electrons. The van der Waals surface area contributed by atoms with E-state index in [4.69, 9.17) is 5.26 Å². The zero-order chi connectivity index (χ0) is 14.1. The summed E-state index contributed by atoms with van der Waals surface area (Å²) < 4.78 is 0. The Labute approximate surface area is 121 Å². The standard InChI is InChI=1S/C16H25N3O/c1-2-14(11-17)18-5-7-19(8-6-18)16(20)15-10-12-3-4-13(15)9-12/h12-15H,2-10H2,1H3. The Morgan fingerprint density at radius 1 is 1.25 bits per heavy atom. The van der Waals surface area contributed by atoms with E-state index in [0.717, 1.165) is 44.9 Å². The maximum atomic E-state index is 12.6. The van der Waals surface area contributed by atoms with Gasteiger partial charge in [-0.05, 0) is 37.5 Å². The molecule has 4 unspecified atom stereocenters. The normalized spacial score (nSPS) is 35.0. The number of piperazine rings is 1. The molecule has 2 saturated carbocycles. The summed E-state index contributed by atoms with van der Waals surface area (Å²) in [7, 11) is 0. The van der Waals surface area contributed by atoms with Crippen molar-refractivity contribution in [1.82, 2.24) is 9.80 Å². The number of rotatable bonds is 3. The third kappa shape index (κ3) is 2.44. The zero-order valence-corrected chi connectivity index (χ0v) is 12.4. The number of nitrogens with zero attached hydrogens (tertiary/aromatic N) is 3. The topological polar surface area (TPSA) is 47.3 Å². The third-order valence-corrected chi connectivity index (χ3v) is 5.66. The second kappa shape index (κ2) is 5.73. The van der Waals surface area contributed by atoms with Gasteiger partial charge in [0, 0.05) is 32.1 Å². The summed E-state index contributed by atoms with van der Waals surface area (Å²) in [5, 5.41) is 9.13. The van der Waals surface area contributed by atoms with Gasteiger partial charge in [-0.1, -0.05) is 13.3 Å². The Hall–Kier alpha value is -1.08. The van der Waals surface area contributed by atoms with Gasteiger partial charge in [0.25, 0.3) is 0 Å². The molecule has 0 spiro atoms. The van der Waals surface area contributed by atoms with E-state index in [9.17, 15) is 4.79 Å². The van der Waals surface area contributed by atoms with Crippen molar-refractivity contribution in [2.75, 3.05) is 26.2 Å². The summed E-state index contributed by atoms with van der Waals surface area (Å²) in [5.74, 6) is 2.23. The second-order valence-corrected chi connectivity index (χ2v) is 6.70. The van der Waals surface area contributed by atoms with Crippen molar-refractivity contribution in [2.24, 2.45) is 17.8 Å². The highest BCUT2D eigenvalue weighted by Crippen LogP contribution is 2.48. The minimum atomic E-state index is 0.0229. The van der Waals surface area contributed by atoms with E-state index in [0.29, 0.717) is 17.7 Å². The van der Waals surface area contributed by atoms with Crippen LogP contribution >= 0.6 is 0 Å². The predicted molar refractivity (Wildman–Crippen MR) is 76.8 cm³/mol. The minimum Gasteiger partial charge on any atom is -0.340 e. The molecule has 0 aromatic rings. The largest absolute Gasteiger partial charge is 0.340 e. The predicted octanol–water partition coefficient (Wildman–Crippen LogP) is 1.87. The number of amides is 1. The van der Waals surface area contributed by atoms with E-state index in [1.165, 1.54) is 19.3 Å². The second-order valence-electron chi connectivity index (χ2n) is 6.70. The first-order valence-electron chi connectivity index (χ1n) is 8.15. The van der Waals surface area contributed by atoms with Crippen molar-refractivity contribution < 1.29 is 4.79 Å². The summed E-state index contributed by atoms with van der Waals surface area (Å²) in [6.45, 7) is 5.40. The van der Waals surface area contributed by atoms with Crippen molar-refractivity contribution in [1.29, 1.82) is 5.26 Å². The minimum absolute atomic E-state index is 0.0229. The van der Waals surface area contributed by atoms with E-state index in [-0.39, 0.29) is 6.04 Å². The smallest absolute Gasteiger partial charge is 0.226 e. The Bertz CT molecular complexity index is 408. The van der Waals surface area contributed by atoms with E-state index in [1.807, 2.05) is 0 Å². The van der Waals surface area contributed by atoms with Crippen LogP contribution in [-0.2, 0) is 4.79 Å². The van der Waals surface area contributed by atoms with Gasteiger partial charge in [-0.25, -0.2) is 0 Å². The van der Waals surface area contributed by atoms with Crippen LogP contribution in [0.1, 0.15) is 39.0 Å². The Balaban J connectivity index is 1.53. The molecule has 3 rings (SSSR count). The van der Waals surface area contributed by atoms with Gasteiger partial charge in [-0.2, -0.15) is 5.26 Å². The molecule has 0 aromatic heterocycles. The van der Waals surface area contributed by atoms with Crippen molar-refractivity contribution >= 4 is 5.91 Å². The average molecular weight is 275 g/mol.